The van der Waals surface area contributed by atoms with Crippen LogP contribution in [-0.2, 0) is 11.2 Å². The number of hydrogen-bond donors (Lipinski definition) is 1. The van der Waals surface area contributed by atoms with E-state index < -0.39 is 6.17 Å². The van der Waals surface area contributed by atoms with Crippen molar-refractivity contribution < 1.29 is 4.79 Å². The third kappa shape index (κ3) is 3.83. The van der Waals surface area contributed by atoms with E-state index in [1.165, 1.54) is 0 Å². The predicted molar refractivity (Wildman–Crippen MR) is 105 cm³/mol. The van der Waals surface area contributed by atoms with Crippen LogP contribution in [0, 0.1) is 0 Å². The van der Waals surface area contributed by atoms with Crippen LogP contribution in [0.15, 0.2) is 78.9 Å². The van der Waals surface area contributed by atoms with E-state index in [9.17, 15) is 4.79 Å². The Labute approximate surface area is 161 Å². The van der Waals surface area contributed by atoms with Crippen molar-refractivity contribution in [2.75, 3.05) is 0 Å². The number of rotatable bonds is 5. The zero-order chi connectivity index (χ0) is 18.6. The summed E-state index contributed by atoms with van der Waals surface area (Å²) >= 11 is 6.03. The van der Waals surface area contributed by atoms with Gasteiger partial charge in [0.2, 0.25) is 5.91 Å². The third-order valence-electron chi connectivity index (χ3n) is 4.31. The highest BCUT2D eigenvalue weighted by molar-refractivity contribution is 6.30. The van der Waals surface area contributed by atoms with E-state index in [4.69, 9.17) is 11.6 Å². The Bertz CT molecular complexity index is 1060. The van der Waals surface area contributed by atoms with Crippen LogP contribution < -0.4 is 5.32 Å². The molecule has 3 aromatic carbocycles. The number of hydrogen-bond acceptors (Lipinski definition) is 3. The molecule has 1 atom stereocenters. The maximum absolute atomic E-state index is 12.7. The molecule has 134 valence electrons. The molecule has 1 aromatic heterocycles. The van der Waals surface area contributed by atoms with Gasteiger partial charge >= 0.3 is 0 Å². The van der Waals surface area contributed by atoms with Crippen LogP contribution in [0.1, 0.15) is 17.3 Å². The Hall–Kier alpha value is -3.18. The summed E-state index contributed by atoms with van der Waals surface area (Å²) in [5.41, 5.74) is 3.44. The minimum absolute atomic E-state index is 0.0965. The minimum atomic E-state index is -0.481. The van der Waals surface area contributed by atoms with Gasteiger partial charge in [0.25, 0.3) is 0 Å². The van der Waals surface area contributed by atoms with Crippen molar-refractivity contribution in [2.24, 2.45) is 0 Å². The SMILES string of the molecule is O=C(Cc1ccccc1)NC(c1ccc(Cl)cc1)n1nnc2ccccc21. The quantitative estimate of drug-likeness (QED) is 0.573. The summed E-state index contributed by atoms with van der Waals surface area (Å²) < 4.78 is 1.72. The molecule has 0 aliphatic rings. The fourth-order valence-electron chi connectivity index (χ4n) is 2.99. The molecule has 27 heavy (non-hydrogen) atoms. The van der Waals surface area contributed by atoms with Crippen molar-refractivity contribution in [3.63, 3.8) is 0 Å². The monoisotopic (exact) mass is 376 g/mol. The molecule has 0 fully saturated rings. The van der Waals surface area contributed by atoms with Crippen molar-refractivity contribution in [2.45, 2.75) is 12.6 Å². The lowest BCUT2D eigenvalue weighted by atomic mass is 10.1. The van der Waals surface area contributed by atoms with E-state index in [0.29, 0.717) is 5.02 Å². The first-order chi connectivity index (χ1) is 13.2. The van der Waals surface area contributed by atoms with Gasteiger partial charge in [-0.05, 0) is 35.4 Å². The minimum Gasteiger partial charge on any atom is -0.330 e. The highest BCUT2D eigenvalue weighted by Gasteiger charge is 2.20. The van der Waals surface area contributed by atoms with Gasteiger partial charge in [-0.3, -0.25) is 4.79 Å². The first kappa shape index (κ1) is 17.2. The Balaban J connectivity index is 1.68. The van der Waals surface area contributed by atoms with E-state index in [1.54, 1.807) is 16.8 Å². The molecule has 0 saturated heterocycles. The van der Waals surface area contributed by atoms with Gasteiger partial charge in [-0.25, -0.2) is 4.68 Å². The molecule has 0 radical (unpaired) electrons. The number of fused-ring (bicyclic) bond motifs is 1. The Morgan fingerprint density at radius 2 is 1.67 bits per heavy atom. The summed E-state index contributed by atoms with van der Waals surface area (Å²) in [5, 5.41) is 12.2. The number of nitrogens with one attached hydrogen (secondary N) is 1. The lowest BCUT2D eigenvalue weighted by Gasteiger charge is -2.20. The maximum atomic E-state index is 12.7. The number of aromatic nitrogens is 3. The molecule has 1 heterocycles. The third-order valence-corrected chi connectivity index (χ3v) is 4.56. The van der Waals surface area contributed by atoms with Crippen LogP contribution in [0.5, 0.6) is 0 Å². The largest absolute Gasteiger partial charge is 0.330 e. The molecule has 1 unspecified atom stereocenters. The first-order valence-corrected chi connectivity index (χ1v) is 8.97. The first-order valence-electron chi connectivity index (χ1n) is 8.59. The van der Waals surface area contributed by atoms with E-state index in [0.717, 1.165) is 22.2 Å². The predicted octanol–water partition coefficient (Wildman–Crippen LogP) is 3.99. The number of carbonyl (C=O) groups excluding carboxylic acids is 1. The maximum Gasteiger partial charge on any atom is 0.226 e. The molecule has 0 bridgehead atoms. The molecule has 4 rings (SSSR count). The number of nitrogens with zero attached hydrogens (tertiary/aromatic N) is 3. The highest BCUT2D eigenvalue weighted by Crippen LogP contribution is 2.22. The van der Waals surface area contributed by atoms with Crippen molar-refractivity contribution in [1.82, 2.24) is 20.3 Å². The van der Waals surface area contributed by atoms with Gasteiger partial charge in [-0.15, -0.1) is 5.10 Å². The molecule has 0 aliphatic heterocycles. The molecule has 5 nitrogen and oxygen atoms in total. The van der Waals surface area contributed by atoms with Crippen LogP contribution in [0.2, 0.25) is 5.02 Å². The molecular formula is C21H17ClN4O. The fraction of sp³-hybridized carbons (Fsp3) is 0.0952. The van der Waals surface area contributed by atoms with Crippen LogP contribution in [0.3, 0.4) is 0 Å². The van der Waals surface area contributed by atoms with Crippen molar-refractivity contribution in [3.05, 3.63) is 95.0 Å². The summed E-state index contributed by atoms with van der Waals surface area (Å²) in [6.07, 6.45) is -0.191. The molecule has 6 heteroatoms. The van der Waals surface area contributed by atoms with Gasteiger partial charge in [0.05, 0.1) is 11.9 Å². The topological polar surface area (TPSA) is 59.8 Å². The van der Waals surface area contributed by atoms with Crippen LogP contribution >= 0.6 is 11.6 Å². The van der Waals surface area contributed by atoms with Crippen molar-refractivity contribution in [3.8, 4) is 0 Å². The molecular weight excluding hydrogens is 360 g/mol. The van der Waals surface area contributed by atoms with E-state index >= 15 is 0 Å². The Morgan fingerprint density at radius 1 is 0.963 bits per heavy atom. The normalized spacial score (nSPS) is 12.0. The molecule has 4 aromatic rings. The van der Waals surface area contributed by atoms with Crippen LogP contribution in [0.4, 0.5) is 0 Å². The Kier molecular flexibility index (Phi) is 4.85. The van der Waals surface area contributed by atoms with Gasteiger partial charge in [0, 0.05) is 5.02 Å². The van der Waals surface area contributed by atoms with E-state index in [-0.39, 0.29) is 12.3 Å². The average Bonchev–Trinajstić information content (AvgIpc) is 3.12. The zero-order valence-electron chi connectivity index (χ0n) is 14.4. The number of para-hydroxylation sites is 1. The second-order valence-corrected chi connectivity index (χ2v) is 6.64. The summed E-state index contributed by atoms with van der Waals surface area (Å²) in [4.78, 5) is 12.7. The van der Waals surface area contributed by atoms with Gasteiger partial charge < -0.3 is 5.32 Å². The molecule has 0 spiro atoms. The lowest BCUT2D eigenvalue weighted by molar-refractivity contribution is -0.121. The second kappa shape index (κ2) is 7.60. The Morgan fingerprint density at radius 3 is 2.44 bits per heavy atom. The van der Waals surface area contributed by atoms with Crippen molar-refractivity contribution >= 4 is 28.5 Å². The number of amides is 1. The molecule has 1 amide bonds. The van der Waals surface area contributed by atoms with Gasteiger partial charge in [-0.2, -0.15) is 0 Å². The van der Waals surface area contributed by atoms with Crippen LogP contribution in [0.25, 0.3) is 11.0 Å². The second-order valence-electron chi connectivity index (χ2n) is 6.21. The summed E-state index contributed by atoms with van der Waals surface area (Å²) in [6.45, 7) is 0. The van der Waals surface area contributed by atoms with Crippen LogP contribution in [-0.4, -0.2) is 20.9 Å². The fourth-order valence-corrected chi connectivity index (χ4v) is 3.12. The summed E-state index contributed by atoms with van der Waals surface area (Å²) in [5.74, 6) is -0.0965. The number of halogens is 1. The molecule has 0 saturated carbocycles. The highest BCUT2D eigenvalue weighted by atomic mass is 35.5. The number of carbonyl (C=O) groups is 1. The van der Waals surface area contributed by atoms with Gasteiger partial charge in [0.15, 0.2) is 6.17 Å². The standard InChI is InChI=1S/C21H17ClN4O/c22-17-12-10-16(11-13-17)21(23-20(27)14-15-6-2-1-3-7-15)26-19-9-5-4-8-18(19)24-25-26/h1-13,21H,14H2,(H,23,27). The zero-order valence-corrected chi connectivity index (χ0v) is 15.2. The molecule has 1 N–H and O–H groups in total. The summed E-state index contributed by atoms with van der Waals surface area (Å²) in [6, 6.07) is 24.7. The smallest absolute Gasteiger partial charge is 0.226 e. The average molecular weight is 377 g/mol. The van der Waals surface area contributed by atoms with Gasteiger partial charge in [0.1, 0.15) is 5.52 Å². The molecule has 0 aliphatic carbocycles. The summed E-state index contributed by atoms with van der Waals surface area (Å²) in [7, 11) is 0. The van der Waals surface area contributed by atoms with Gasteiger partial charge in [-0.1, -0.05) is 71.4 Å². The number of benzene rings is 3. The lowest BCUT2D eigenvalue weighted by Crippen LogP contribution is -2.34. The van der Waals surface area contributed by atoms with E-state index in [1.807, 2.05) is 66.7 Å². The van der Waals surface area contributed by atoms with Crippen molar-refractivity contribution in [1.29, 1.82) is 0 Å². The van der Waals surface area contributed by atoms with E-state index in [2.05, 4.69) is 15.6 Å².